The van der Waals surface area contributed by atoms with E-state index >= 15 is 0 Å². The third-order valence-electron chi connectivity index (χ3n) is 4.72. The van der Waals surface area contributed by atoms with Crippen molar-refractivity contribution >= 4 is 9.84 Å². The Morgan fingerprint density at radius 1 is 1.25 bits per heavy atom. The average molecular weight is 295 g/mol. The van der Waals surface area contributed by atoms with Gasteiger partial charge in [-0.2, -0.15) is 0 Å². The topological polar surface area (TPSA) is 69.4 Å². The molecule has 20 heavy (non-hydrogen) atoms. The normalized spacial score (nSPS) is 26.7. The van der Waals surface area contributed by atoms with E-state index in [-0.39, 0.29) is 5.25 Å². The summed E-state index contributed by atoms with van der Waals surface area (Å²) in [4.78, 5) is 0. The highest BCUT2D eigenvalue weighted by Crippen LogP contribution is 2.39. The van der Waals surface area contributed by atoms with Crippen LogP contribution in [-0.4, -0.2) is 26.0 Å². The zero-order valence-corrected chi connectivity index (χ0v) is 12.5. The number of benzene rings is 1. The first kappa shape index (κ1) is 13.9. The summed E-state index contributed by atoms with van der Waals surface area (Å²) in [5.41, 5.74) is 8.21. The van der Waals surface area contributed by atoms with E-state index in [1.54, 1.807) is 7.11 Å². The van der Waals surface area contributed by atoms with Gasteiger partial charge >= 0.3 is 0 Å². The van der Waals surface area contributed by atoms with Gasteiger partial charge in [-0.05, 0) is 42.5 Å². The van der Waals surface area contributed by atoms with E-state index < -0.39 is 21.1 Å². The van der Waals surface area contributed by atoms with Gasteiger partial charge in [0.25, 0.3) is 0 Å². The molecule has 2 unspecified atom stereocenters. The summed E-state index contributed by atoms with van der Waals surface area (Å²) in [5.74, 6) is 0.734. The van der Waals surface area contributed by atoms with Crippen LogP contribution in [0.3, 0.4) is 0 Å². The minimum absolute atomic E-state index is 0.185. The van der Waals surface area contributed by atoms with E-state index in [4.69, 9.17) is 10.5 Å². The van der Waals surface area contributed by atoms with Crippen LogP contribution >= 0.6 is 0 Å². The van der Waals surface area contributed by atoms with Gasteiger partial charge in [0.15, 0.2) is 9.84 Å². The summed E-state index contributed by atoms with van der Waals surface area (Å²) in [6.45, 7) is 0. The predicted molar refractivity (Wildman–Crippen MR) is 78.6 cm³/mol. The van der Waals surface area contributed by atoms with Gasteiger partial charge in [-0.25, -0.2) is 8.42 Å². The SMILES string of the molecule is COc1ccc2c(c1)C(N)C(S(=O)(=O)C1CCCC1)C2. The molecule has 2 atom stereocenters. The summed E-state index contributed by atoms with van der Waals surface area (Å²) < 4.78 is 30.7. The lowest BCUT2D eigenvalue weighted by Gasteiger charge is -2.21. The Hall–Kier alpha value is -1.07. The lowest BCUT2D eigenvalue weighted by atomic mass is 10.1. The van der Waals surface area contributed by atoms with Gasteiger partial charge in [-0.1, -0.05) is 18.9 Å². The van der Waals surface area contributed by atoms with Crippen molar-refractivity contribution in [3.63, 3.8) is 0 Å². The number of nitrogens with two attached hydrogens (primary N) is 1. The van der Waals surface area contributed by atoms with Crippen LogP contribution in [0.4, 0.5) is 0 Å². The summed E-state index contributed by atoms with van der Waals surface area (Å²) in [7, 11) is -1.53. The van der Waals surface area contributed by atoms with Crippen LogP contribution in [0, 0.1) is 0 Å². The van der Waals surface area contributed by atoms with Crippen molar-refractivity contribution in [1.29, 1.82) is 0 Å². The molecule has 1 fully saturated rings. The molecule has 1 aromatic rings. The Kier molecular flexibility index (Phi) is 3.50. The van der Waals surface area contributed by atoms with Gasteiger partial charge in [-0.3, -0.25) is 0 Å². The minimum Gasteiger partial charge on any atom is -0.497 e. The van der Waals surface area contributed by atoms with E-state index in [2.05, 4.69) is 0 Å². The van der Waals surface area contributed by atoms with E-state index in [9.17, 15) is 8.42 Å². The molecule has 0 aliphatic heterocycles. The largest absolute Gasteiger partial charge is 0.497 e. The summed E-state index contributed by atoms with van der Waals surface area (Å²) >= 11 is 0. The molecule has 110 valence electrons. The maximum Gasteiger partial charge on any atom is 0.158 e. The molecule has 1 aromatic carbocycles. The molecular formula is C15H21NO3S. The maximum atomic E-state index is 12.8. The monoisotopic (exact) mass is 295 g/mol. The fourth-order valence-corrected chi connectivity index (χ4v) is 5.98. The van der Waals surface area contributed by atoms with E-state index in [1.165, 1.54) is 0 Å². The molecule has 2 aliphatic carbocycles. The Morgan fingerprint density at radius 3 is 2.60 bits per heavy atom. The van der Waals surface area contributed by atoms with Crippen molar-refractivity contribution in [3.05, 3.63) is 29.3 Å². The predicted octanol–water partition coefficient (Wildman–Crippen LogP) is 1.98. The minimum atomic E-state index is -3.14. The molecule has 0 bridgehead atoms. The molecule has 5 heteroatoms. The van der Waals surface area contributed by atoms with Crippen LogP contribution in [0.5, 0.6) is 5.75 Å². The van der Waals surface area contributed by atoms with Crippen LogP contribution in [0.1, 0.15) is 42.9 Å². The van der Waals surface area contributed by atoms with E-state index in [1.807, 2.05) is 18.2 Å². The molecule has 0 heterocycles. The molecule has 0 saturated heterocycles. The Morgan fingerprint density at radius 2 is 1.95 bits per heavy atom. The van der Waals surface area contributed by atoms with Crippen LogP contribution in [0.25, 0.3) is 0 Å². The van der Waals surface area contributed by atoms with Gasteiger partial charge in [-0.15, -0.1) is 0 Å². The highest BCUT2D eigenvalue weighted by Gasteiger charge is 2.43. The first-order valence-corrected chi connectivity index (χ1v) is 8.80. The molecule has 0 radical (unpaired) electrons. The highest BCUT2D eigenvalue weighted by molar-refractivity contribution is 7.92. The molecule has 2 aliphatic rings. The fourth-order valence-electron chi connectivity index (χ4n) is 3.52. The molecule has 3 rings (SSSR count). The van der Waals surface area contributed by atoms with E-state index in [0.717, 1.165) is 42.6 Å². The lowest BCUT2D eigenvalue weighted by Crippen LogP contribution is -2.36. The number of ether oxygens (including phenoxy) is 1. The second-order valence-electron chi connectivity index (χ2n) is 5.83. The third-order valence-corrected chi connectivity index (χ3v) is 7.43. The van der Waals surface area contributed by atoms with Crippen molar-refractivity contribution in [2.45, 2.75) is 48.6 Å². The van der Waals surface area contributed by atoms with Gasteiger partial charge in [0.1, 0.15) is 5.75 Å². The Labute approximate surface area is 120 Å². The van der Waals surface area contributed by atoms with Crippen molar-refractivity contribution in [2.75, 3.05) is 7.11 Å². The van der Waals surface area contributed by atoms with Crippen LogP contribution in [0.15, 0.2) is 18.2 Å². The van der Waals surface area contributed by atoms with Gasteiger partial charge in [0.2, 0.25) is 0 Å². The number of methoxy groups -OCH3 is 1. The highest BCUT2D eigenvalue weighted by atomic mass is 32.2. The second kappa shape index (κ2) is 5.04. The third kappa shape index (κ3) is 2.13. The fraction of sp³-hybridized carbons (Fsp3) is 0.600. The number of fused-ring (bicyclic) bond motifs is 1. The number of sulfone groups is 1. The summed E-state index contributed by atoms with van der Waals surface area (Å²) in [6, 6.07) is 5.27. The van der Waals surface area contributed by atoms with E-state index in [0.29, 0.717) is 6.42 Å². The maximum absolute atomic E-state index is 12.8. The standard InChI is InChI=1S/C15H21NO3S/c1-19-11-7-6-10-8-14(15(16)13(10)9-11)20(17,18)12-4-2-3-5-12/h6-7,9,12,14-15H,2-5,8,16H2,1H3. The zero-order chi connectivity index (χ0) is 14.3. The van der Waals surface area contributed by atoms with Crippen molar-refractivity contribution in [1.82, 2.24) is 0 Å². The number of hydrogen-bond donors (Lipinski definition) is 1. The van der Waals surface area contributed by atoms with Crippen molar-refractivity contribution in [3.8, 4) is 5.75 Å². The molecule has 4 nitrogen and oxygen atoms in total. The van der Waals surface area contributed by atoms with Gasteiger partial charge < -0.3 is 10.5 Å². The Balaban J connectivity index is 1.91. The summed E-state index contributed by atoms with van der Waals surface area (Å²) in [6.07, 6.45) is 4.18. The molecule has 2 N–H and O–H groups in total. The molecule has 1 saturated carbocycles. The van der Waals surface area contributed by atoms with Crippen molar-refractivity contribution < 1.29 is 13.2 Å². The number of hydrogen-bond acceptors (Lipinski definition) is 4. The first-order chi connectivity index (χ1) is 9.54. The average Bonchev–Trinajstić information content (AvgIpc) is 3.07. The molecule has 0 amide bonds. The van der Waals surface area contributed by atoms with Crippen LogP contribution in [0.2, 0.25) is 0 Å². The second-order valence-corrected chi connectivity index (χ2v) is 8.28. The van der Waals surface area contributed by atoms with Crippen molar-refractivity contribution in [2.24, 2.45) is 5.73 Å². The zero-order valence-electron chi connectivity index (χ0n) is 11.7. The molecule has 0 aromatic heterocycles. The first-order valence-electron chi connectivity index (χ1n) is 7.19. The Bertz CT molecular complexity index is 606. The van der Waals surface area contributed by atoms with Gasteiger partial charge in [0.05, 0.1) is 17.6 Å². The molecule has 0 spiro atoms. The smallest absolute Gasteiger partial charge is 0.158 e. The van der Waals surface area contributed by atoms with Crippen LogP contribution < -0.4 is 10.5 Å². The molecular weight excluding hydrogens is 274 g/mol. The van der Waals surface area contributed by atoms with Gasteiger partial charge in [0, 0.05) is 6.04 Å². The quantitative estimate of drug-likeness (QED) is 0.925. The summed E-state index contributed by atoms with van der Waals surface area (Å²) in [5, 5.41) is -0.650. The van der Waals surface area contributed by atoms with Crippen LogP contribution in [-0.2, 0) is 16.3 Å². The number of rotatable bonds is 3. The lowest BCUT2D eigenvalue weighted by molar-refractivity contribution is 0.414.